The first-order valence-corrected chi connectivity index (χ1v) is 39.9. The number of esters is 1. The summed E-state index contributed by atoms with van der Waals surface area (Å²) >= 11 is 0. The molecule has 6 nitrogen and oxygen atoms in total. The molecule has 518 valence electrons. The first-order chi connectivity index (χ1) is 43.5. The van der Waals surface area contributed by atoms with E-state index in [1.807, 2.05) is 6.08 Å². The maximum atomic E-state index is 12.6. The van der Waals surface area contributed by atoms with Crippen LogP contribution >= 0.6 is 0 Å². The molecule has 0 saturated heterocycles. The molecule has 0 radical (unpaired) electrons. The molecule has 0 aromatic heterocycles. The second-order valence-corrected chi connectivity index (χ2v) is 27.4. The van der Waals surface area contributed by atoms with Gasteiger partial charge in [0.15, 0.2) is 0 Å². The quantitative estimate of drug-likeness (QED) is 0.0320. The van der Waals surface area contributed by atoms with Crippen LogP contribution in [0.3, 0.4) is 0 Å². The summed E-state index contributed by atoms with van der Waals surface area (Å²) in [5, 5.41) is 23.3. The minimum atomic E-state index is -0.844. The zero-order valence-electron chi connectivity index (χ0n) is 59.5. The molecule has 6 heteroatoms. The highest BCUT2D eigenvalue weighted by molar-refractivity contribution is 5.76. The summed E-state index contributed by atoms with van der Waals surface area (Å²) in [6.07, 6.45) is 102. The average molecular weight is 1240 g/mol. The number of ether oxygens (including phenoxy) is 1. The molecule has 0 aliphatic carbocycles. The maximum absolute atomic E-state index is 12.6. The number of carbonyl (C=O) groups excluding carboxylic acids is 2. The van der Waals surface area contributed by atoms with Crippen molar-refractivity contribution in [1.82, 2.24) is 5.32 Å². The number of hydrogen-bond donors (Lipinski definition) is 3. The molecule has 0 aromatic rings. The van der Waals surface area contributed by atoms with Crippen molar-refractivity contribution >= 4 is 11.9 Å². The van der Waals surface area contributed by atoms with Crippen LogP contribution in [0.2, 0.25) is 0 Å². The summed E-state index contributed by atoms with van der Waals surface area (Å²) in [4.78, 5) is 24.6. The fourth-order valence-corrected chi connectivity index (χ4v) is 12.5. The molecule has 0 spiro atoms. The fraction of sp³-hybridized carbons (Fsp3) is 0.878. The number of aliphatic hydroxyl groups is 2. The number of hydrogen-bond acceptors (Lipinski definition) is 5. The SMILES string of the molecule is CCCC/C=C\CCCCCCCC(=O)OCCCCCCCCCCCCCCC/C=C\C/C=C\CCCCCCCCCCCCCCCCCCCC(=O)NC(CO)C(O)/C=C/CCCCCCCCCCCCCCCCCCCCCCC. The van der Waals surface area contributed by atoms with Crippen LogP contribution in [0.4, 0.5) is 0 Å². The molecule has 0 aromatic carbocycles. The Morgan fingerprint density at radius 1 is 0.318 bits per heavy atom. The Hall–Kier alpha value is -2.18. The van der Waals surface area contributed by atoms with Gasteiger partial charge in [-0.2, -0.15) is 0 Å². The van der Waals surface area contributed by atoms with E-state index in [1.54, 1.807) is 6.08 Å². The Balaban J connectivity index is 3.39. The van der Waals surface area contributed by atoms with Gasteiger partial charge in [0.1, 0.15) is 0 Å². The van der Waals surface area contributed by atoms with Crippen LogP contribution in [0.25, 0.3) is 0 Å². The summed E-state index contributed by atoms with van der Waals surface area (Å²) in [5.74, 6) is -0.0530. The zero-order chi connectivity index (χ0) is 63.5. The van der Waals surface area contributed by atoms with Gasteiger partial charge in [-0.3, -0.25) is 9.59 Å². The van der Waals surface area contributed by atoms with Gasteiger partial charge in [-0.05, 0) is 83.5 Å². The van der Waals surface area contributed by atoms with Crippen LogP contribution in [-0.2, 0) is 14.3 Å². The van der Waals surface area contributed by atoms with Crippen LogP contribution in [-0.4, -0.2) is 47.4 Å². The number of carbonyl (C=O) groups is 2. The molecule has 88 heavy (non-hydrogen) atoms. The average Bonchev–Trinajstić information content (AvgIpc) is 3.57. The van der Waals surface area contributed by atoms with Crippen molar-refractivity contribution in [3.63, 3.8) is 0 Å². The van der Waals surface area contributed by atoms with E-state index >= 15 is 0 Å². The van der Waals surface area contributed by atoms with Gasteiger partial charge < -0.3 is 20.3 Å². The second kappa shape index (κ2) is 77.3. The first-order valence-electron chi connectivity index (χ1n) is 39.9. The van der Waals surface area contributed by atoms with E-state index < -0.39 is 12.1 Å². The Bertz CT molecular complexity index is 1470. The maximum Gasteiger partial charge on any atom is 0.305 e. The van der Waals surface area contributed by atoms with E-state index in [9.17, 15) is 19.8 Å². The molecule has 3 N–H and O–H groups in total. The van der Waals surface area contributed by atoms with Crippen LogP contribution in [0.15, 0.2) is 48.6 Å². The summed E-state index contributed by atoms with van der Waals surface area (Å²) in [6.45, 7) is 4.91. The molecule has 0 aliphatic heterocycles. The highest BCUT2D eigenvalue weighted by Gasteiger charge is 2.18. The molecule has 2 unspecified atom stereocenters. The number of rotatable bonds is 75. The predicted molar refractivity (Wildman–Crippen MR) is 389 cm³/mol. The molecule has 2 atom stereocenters. The minimum Gasteiger partial charge on any atom is -0.466 e. The van der Waals surface area contributed by atoms with Crippen molar-refractivity contribution in [1.29, 1.82) is 0 Å². The van der Waals surface area contributed by atoms with E-state index in [0.717, 1.165) is 51.4 Å². The lowest BCUT2D eigenvalue weighted by atomic mass is 10.0. The number of aliphatic hydroxyl groups excluding tert-OH is 2. The minimum absolute atomic E-state index is 0.00771. The molecular weight excluding hydrogens is 1080 g/mol. The van der Waals surface area contributed by atoms with Crippen LogP contribution in [0.1, 0.15) is 438 Å². The second-order valence-electron chi connectivity index (χ2n) is 27.4. The van der Waals surface area contributed by atoms with Crippen molar-refractivity contribution < 1.29 is 24.5 Å². The molecule has 0 aliphatic rings. The first kappa shape index (κ1) is 85.8. The Labute approximate surface area is 550 Å². The third-order valence-electron chi connectivity index (χ3n) is 18.6. The molecule has 0 rings (SSSR count). The molecular formula is C82H155NO5. The molecule has 0 fully saturated rings. The van der Waals surface area contributed by atoms with E-state index in [0.29, 0.717) is 19.4 Å². The highest BCUT2D eigenvalue weighted by atomic mass is 16.5. The van der Waals surface area contributed by atoms with Gasteiger partial charge in [0.2, 0.25) is 5.91 Å². The van der Waals surface area contributed by atoms with Gasteiger partial charge in [0.25, 0.3) is 0 Å². The Kier molecular flexibility index (Phi) is 75.4. The van der Waals surface area contributed by atoms with Crippen molar-refractivity contribution in [3.05, 3.63) is 48.6 Å². The number of nitrogens with one attached hydrogen (secondary N) is 1. The topological polar surface area (TPSA) is 95.9 Å². The monoisotopic (exact) mass is 1230 g/mol. The van der Waals surface area contributed by atoms with Crippen molar-refractivity contribution in [3.8, 4) is 0 Å². The molecule has 0 heterocycles. The van der Waals surface area contributed by atoms with E-state index in [2.05, 4.69) is 55.6 Å². The van der Waals surface area contributed by atoms with Crippen LogP contribution in [0, 0.1) is 0 Å². The summed E-state index contributed by atoms with van der Waals surface area (Å²) in [7, 11) is 0. The largest absolute Gasteiger partial charge is 0.466 e. The lowest BCUT2D eigenvalue weighted by Gasteiger charge is -2.20. The standard InChI is InChI=1S/C82H155NO5/c1-3-5-7-9-11-13-15-16-17-18-19-20-36-39-42-45-48-51-55-58-62-66-70-74-80(85)79(78-84)83-81(86)75-71-67-63-59-56-52-49-46-43-40-37-34-32-30-28-26-24-22-21-23-25-27-29-31-33-35-38-41-44-47-50-53-57-61-65-69-73-77-88-82(87)76-72-68-64-60-54-14-12-10-8-6-4-2/h10,12,21,23,27,29,70,74,79-80,84-85H,3-9,11,13-20,22,24-26,28,30-69,71-73,75-78H2,1-2H3,(H,83,86)/b12-10-,23-21-,29-27-,74-70+. The number of allylic oxidation sites excluding steroid dienone is 7. The number of unbranched alkanes of at least 4 members (excludes halogenated alkanes) is 58. The molecule has 0 bridgehead atoms. The van der Waals surface area contributed by atoms with Gasteiger partial charge in [0, 0.05) is 12.8 Å². The zero-order valence-corrected chi connectivity index (χ0v) is 59.5. The van der Waals surface area contributed by atoms with Gasteiger partial charge in [0.05, 0.1) is 25.4 Å². The van der Waals surface area contributed by atoms with Gasteiger partial charge in [-0.15, -0.1) is 0 Å². The molecule has 1 amide bonds. The Morgan fingerprint density at radius 2 is 0.580 bits per heavy atom. The Morgan fingerprint density at radius 3 is 0.909 bits per heavy atom. The summed E-state index contributed by atoms with van der Waals surface area (Å²) < 4.78 is 5.47. The van der Waals surface area contributed by atoms with Gasteiger partial charge in [-0.25, -0.2) is 0 Å². The van der Waals surface area contributed by atoms with Crippen LogP contribution < -0.4 is 5.32 Å². The summed E-state index contributed by atoms with van der Waals surface area (Å²) in [5.41, 5.74) is 0. The van der Waals surface area contributed by atoms with E-state index in [1.165, 1.54) is 360 Å². The van der Waals surface area contributed by atoms with Crippen LogP contribution in [0.5, 0.6) is 0 Å². The molecule has 0 saturated carbocycles. The van der Waals surface area contributed by atoms with E-state index in [-0.39, 0.29) is 18.5 Å². The number of amides is 1. The van der Waals surface area contributed by atoms with Gasteiger partial charge >= 0.3 is 5.97 Å². The van der Waals surface area contributed by atoms with Gasteiger partial charge in [-0.1, -0.05) is 390 Å². The third-order valence-corrected chi connectivity index (χ3v) is 18.6. The van der Waals surface area contributed by atoms with E-state index in [4.69, 9.17) is 4.74 Å². The summed E-state index contributed by atoms with van der Waals surface area (Å²) in [6, 6.07) is -0.628. The third kappa shape index (κ3) is 72.9. The highest BCUT2D eigenvalue weighted by Crippen LogP contribution is 2.19. The van der Waals surface area contributed by atoms with Crippen molar-refractivity contribution in [2.24, 2.45) is 0 Å². The predicted octanol–water partition coefficient (Wildman–Crippen LogP) is 26.4. The van der Waals surface area contributed by atoms with Crippen molar-refractivity contribution in [2.75, 3.05) is 13.2 Å². The smallest absolute Gasteiger partial charge is 0.305 e. The lowest BCUT2D eigenvalue weighted by molar-refractivity contribution is -0.143. The normalized spacial score (nSPS) is 12.7. The van der Waals surface area contributed by atoms with Crippen molar-refractivity contribution in [2.45, 2.75) is 450 Å². The fourth-order valence-electron chi connectivity index (χ4n) is 12.5. The lowest BCUT2D eigenvalue weighted by Crippen LogP contribution is -2.45.